The summed E-state index contributed by atoms with van der Waals surface area (Å²) >= 11 is 0. The Morgan fingerprint density at radius 1 is 1.19 bits per heavy atom. The van der Waals surface area contributed by atoms with E-state index in [2.05, 4.69) is 22.8 Å². The first kappa shape index (κ1) is 18.3. The van der Waals surface area contributed by atoms with Gasteiger partial charge in [0.2, 0.25) is 0 Å². The first-order chi connectivity index (χ1) is 12.6. The monoisotopic (exact) mass is 354 g/mol. The molecule has 4 nitrogen and oxygen atoms in total. The van der Waals surface area contributed by atoms with Crippen LogP contribution in [-0.4, -0.2) is 36.2 Å². The number of nitrogens with one attached hydrogen (secondary N) is 2. The largest absolute Gasteiger partial charge is 0.395 e. The fourth-order valence-electron chi connectivity index (χ4n) is 3.43. The quantitative estimate of drug-likeness (QED) is 0.747. The minimum atomic E-state index is -0.532. The van der Waals surface area contributed by atoms with Crippen LogP contribution in [0.2, 0.25) is 0 Å². The van der Waals surface area contributed by atoms with E-state index < -0.39 is 11.7 Å². The van der Waals surface area contributed by atoms with Crippen molar-refractivity contribution in [2.45, 2.75) is 24.9 Å². The Bertz CT molecular complexity index is 789. The SMILES string of the molecule is C/C=C/c1ccc([C@@H]2[C@H](CO)N[C@H]2CNC(=O)c2ccccc2F)cc1. The zero-order valence-corrected chi connectivity index (χ0v) is 14.7. The predicted octanol–water partition coefficient (Wildman–Crippen LogP) is 2.71. The Labute approximate surface area is 152 Å². The van der Waals surface area contributed by atoms with Crippen molar-refractivity contribution in [3.63, 3.8) is 0 Å². The molecule has 3 N–H and O–H groups in total. The minimum absolute atomic E-state index is 0.00422. The summed E-state index contributed by atoms with van der Waals surface area (Å²) in [5.74, 6) is -0.865. The number of aliphatic hydroxyl groups excluding tert-OH is 1. The Morgan fingerprint density at radius 2 is 1.92 bits per heavy atom. The molecule has 3 rings (SSSR count). The summed E-state index contributed by atoms with van der Waals surface area (Å²) in [5.41, 5.74) is 2.27. The number of halogens is 1. The molecule has 0 aliphatic carbocycles. The van der Waals surface area contributed by atoms with Gasteiger partial charge in [-0.15, -0.1) is 0 Å². The summed E-state index contributed by atoms with van der Waals surface area (Å²) in [5, 5.41) is 15.6. The molecule has 0 unspecified atom stereocenters. The zero-order valence-electron chi connectivity index (χ0n) is 14.7. The number of hydrogen-bond donors (Lipinski definition) is 3. The summed E-state index contributed by atoms with van der Waals surface area (Å²) < 4.78 is 13.7. The van der Waals surface area contributed by atoms with Gasteiger partial charge in [-0.25, -0.2) is 4.39 Å². The Morgan fingerprint density at radius 3 is 2.58 bits per heavy atom. The maximum absolute atomic E-state index is 13.7. The van der Waals surface area contributed by atoms with Crippen molar-refractivity contribution in [2.24, 2.45) is 0 Å². The predicted molar refractivity (Wildman–Crippen MR) is 100 cm³/mol. The lowest BCUT2D eigenvalue weighted by Gasteiger charge is -2.46. The molecule has 0 aromatic heterocycles. The first-order valence-corrected chi connectivity index (χ1v) is 8.76. The maximum Gasteiger partial charge on any atom is 0.254 e. The van der Waals surface area contributed by atoms with Gasteiger partial charge in [0.25, 0.3) is 5.91 Å². The second-order valence-corrected chi connectivity index (χ2v) is 6.44. The van der Waals surface area contributed by atoms with E-state index in [-0.39, 0.29) is 30.2 Å². The molecule has 136 valence electrons. The highest BCUT2D eigenvalue weighted by Crippen LogP contribution is 2.32. The van der Waals surface area contributed by atoms with Gasteiger partial charge in [-0.1, -0.05) is 48.6 Å². The van der Waals surface area contributed by atoms with E-state index in [9.17, 15) is 14.3 Å². The van der Waals surface area contributed by atoms with Crippen molar-refractivity contribution in [3.05, 3.63) is 77.1 Å². The van der Waals surface area contributed by atoms with E-state index in [4.69, 9.17) is 0 Å². The molecule has 1 fully saturated rings. The fourth-order valence-corrected chi connectivity index (χ4v) is 3.43. The molecule has 1 aliphatic heterocycles. The van der Waals surface area contributed by atoms with Crippen LogP contribution in [0, 0.1) is 5.82 Å². The van der Waals surface area contributed by atoms with Crippen LogP contribution < -0.4 is 10.6 Å². The van der Waals surface area contributed by atoms with Crippen molar-refractivity contribution in [2.75, 3.05) is 13.2 Å². The van der Waals surface area contributed by atoms with Crippen LogP contribution in [0.4, 0.5) is 4.39 Å². The maximum atomic E-state index is 13.7. The van der Waals surface area contributed by atoms with Crippen molar-refractivity contribution < 1.29 is 14.3 Å². The molecule has 0 saturated carbocycles. The number of amides is 1. The zero-order chi connectivity index (χ0) is 18.5. The summed E-state index contributed by atoms with van der Waals surface area (Å²) in [4.78, 5) is 12.2. The number of aliphatic hydroxyl groups is 1. The normalized spacial score (nSPS) is 22.2. The van der Waals surface area contributed by atoms with E-state index in [1.54, 1.807) is 12.1 Å². The average Bonchev–Trinajstić information content (AvgIpc) is 2.63. The molecule has 1 aliphatic rings. The van der Waals surface area contributed by atoms with E-state index in [0.29, 0.717) is 6.54 Å². The molecule has 1 saturated heterocycles. The third-order valence-corrected chi connectivity index (χ3v) is 4.77. The molecule has 2 aromatic carbocycles. The molecule has 2 aromatic rings. The molecule has 1 amide bonds. The van der Waals surface area contributed by atoms with E-state index in [1.807, 2.05) is 31.2 Å². The second kappa shape index (κ2) is 8.25. The highest BCUT2D eigenvalue weighted by atomic mass is 19.1. The van der Waals surface area contributed by atoms with Gasteiger partial charge >= 0.3 is 0 Å². The van der Waals surface area contributed by atoms with Crippen molar-refractivity contribution >= 4 is 12.0 Å². The van der Waals surface area contributed by atoms with Gasteiger partial charge in [-0.3, -0.25) is 4.79 Å². The van der Waals surface area contributed by atoms with Gasteiger partial charge in [0.05, 0.1) is 12.2 Å². The van der Waals surface area contributed by atoms with Crippen LogP contribution in [-0.2, 0) is 0 Å². The van der Waals surface area contributed by atoms with Gasteiger partial charge < -0.3 is 15.7 Å². The lowest BCUT2D eigenvalue weighted by molar-refractivity contribution is 0.0906. The van der Waals surface area contributed by atoms with Crippen LogP contribution in [0.5, 0.6) is 0 Å². The van der Waals surface area contributed by atoms with Crippen molar-refractivity contribution in [1.29, 1.82) is 0 Å². The number of carbonyl (C=O) groups excluding carboxylic acids is 1. The standard InChI is InChI=1S/C21H23FN2O2/c1-2-5-14-8-10-15(11-9-14)20-18(24-19(20)13-25)12-23-21(26)16-6-3-4-7-17(16)22/h2-11,18-20,24-25H,12-13H2,1H3,(H,23,26)/b5-2+/t18-,19-,20-/m0/s1. The van der Waals surface area contributed by atoms with Crippen molar-refractivity contribution in [3.8, 4) is 0 Å². The molecule has 3 atom stereocenters. The highest BCUT2D eigenvalue weighted by molar-refractivity contribution is 5.94. The van der Waals surface area contributed by atoms with E-state index in [0.717, 1.165) is 11.1 Å². The fraction of sp³-hybridized carbons (Fsp3) is 0.286. The van der Waals surface area contributed by atoms with Gasteiger partial charge in [-0.2, -0.15) is 0 Å². The smallest absolute Gasteiger partial charge is 0.254 e. The lowest BCUT2D eigenvalue weighted by atomic mass is 9.77. The number of hydrogen-bond acceptors (Lipinski definition) is 3. The Hall–Kier alpha value is -2.50. The van der Waals surface area contributed by atoms with Gasteiger partial charge in [-0.05, 0) is 30.2 Å². The summed E-state index contributed by atoms with van der Waals surface area (Å²) in [6.07, 6.45) is 4.01. The van der Waals surface area contributed by atoms with Crippen LogP contribution in [0.15, 0.2) is 54.6 Å². The van der Waals surface area contributed by atoms with Crippen LogP contribution in [0.25, 0.3) is 6.08 Å². The summed E-state index contributed by atoms with van der Waals surface area (Å²) in [6.45, 7) is 2.36. The number of carbonyl (C=O) groups is 1. The van der Waals surface area contributed by atoms with E-state index >= 15 is 0 Å². The molecule has 0 bridgehead atoms. The molecule has 1 heterocycles. The van der Waals surface area contributed by atoms with Crippen molar-refractivity contribution in [1.82, 2.24) is 10.6 Å². The third-order valence-electron chi connectivity index (χ3n) is 4.77. The van der Waals surface area contributed by atoms with Gasteiger partial charge in [0.1, 0.15) is 5.82 Å². The highest BCUT2D eigenvalue weighted by Gasteiger charge is 2.40. The van der Waals surface area contributed by atoms with Gasteiger partial charge in [0.15, 0.2) is 0 Å². The topological polar surface area (TPSA) is 61.4 Å². The first-order valence-electron chi connectivity index (χ1n) is 8.76. The Balaban J connectivity index is 1.66. The molecule has 5 heteroatoms. The number of benzene rings is 2. The number of allylic oxidation sites excluding steroid dienone is 1. The molecule has 0 radical (unpaired) electrons. The minimum Gasteiger partial charge on any atom is -0.395 e. The van der Waals surface area contributed by atoms with Crippen LogP contribution in [0.1, 0.15) is 34.3 Å². The molecular weight excluding hydrogens is 331 g/mol. The Kier molecular flexibility index (Phi) is 5.81. The summed E-state index contributed by atoms with van der Waals surface area (Å²) in [7, 11) is 0. The average molecular weight is 354 g/mol. The summed E-state index contributed by atoms with van der Waals surface area (Å²) in [6, 6.07) is 14.1. The molecular formula is C21H23FN2O2. The van der Waals surface area contributed by atoms with E-state index in [1.165, 1.54) is 12.1 Å². The molecule has 0 spiro atoms. The molecule has 26 heavy (non-hydrogen) atoms. The third kappa shape index (κ3) is 3.84. The number of rotatable bonds is 6. The van der Waals surface area contributed by atoms with Crippen LogP contribution in [0.3, 0.4) is 0 Å². The van der Waals surface area contributed by atoms with Gasteiger partial charge in [0, 0.05) is 24.5 Å². The lowest BCUT2D eigenvalue weighted by Crippen LogP contribution is -2.64. The second-order valence-electron chi connectivity index (χ2n) is 6.44. The van der Waals surface area contributed by atoms with Crippen LogP contribution >= 0.6 is 0 Å².